The highest BCUT2D eigenvalue weighted by Crippen LogP contribution is 2.19. The molecule has 0 unspecified atom stereocenters. The van der Waals surface area contributed by atoms with Gasteiger partial charge in [0.2, 0.25) is 5.82 Å². The van der Waals surface area contributed by atoms with Crippen LogP contribution in [-0.2, 0) is 6.61 Å². The summed E-state index contributed by atoms with van der Waals surface area (Å²) in [6, 6.07) is 6.58. The third-order valence-electron chi connectivity index (χ3n) is 2.49. The molecule has 7 heteroatoms. The van der Waals surface area contributed by atoms with Gasteiger partial charge < -0.3 is 4.74 Å². The van der Waals surface area contributed by atoms with Crippen LogP contribution in [-0.4, -0.2) is 16.2 Å². The van der Waals surface area contributed by atoms with E-state index in [2.05, 4.69) is 4.98 Å². The van der Waals surface area contributed by atoms with Gasteiger partial charge in [0.05, 0.1) is 11.1 Å². The number of nitrogens with zero attached hydrogens (tertiary/aromatic N) is 2. The summed E-state index contributed by atoms with van der Waals surface area (Å²) in [5.41, 5.74) is 0.150. The third kappa shape index (κ3) is 3.14. The average Bonchev–Trinajstić information content (AvgIpc) is 2.45. The molecule has 6 nitrogen and oxygen atoms in total. The summed E-state index contributed by atoms with van der Waals surface area (Å²) in [6.45, 7) is 0.0387. The molecule has 0 bridgehead atoms. The van der Waals surface area contributed by atoms with E-state index in [1.165, 1.54) is 18.3 Å². The zero-order valence-corrected chi connectivity index (χ0v) is 10.2. The highest BCUT2D eigenvalue weighted by molar-refractivity contribution is 5.71. The molecule has 1 aromatic heterocycles. The zero-order valence-electron chi connectivity index (χ0n) is 10.2. The monoisotopic (exact) mass is 276 g/mol. The minimum absolute atomic E-state index is 0.0387. The van der Waals surface area contributed by atoms with Gasteiger partial charge in [0.25, 0.3) is 0 Å². The topological polar surface area (TPSA) is 82.3 Å². The first-order valence-corrected chi connectivity index (χ1v) is 5.57. The normalized spacial score (nSPS) is 10.1. The number of benzene rings is 1. The minimum Gasteiger partial charge on any atom is -0.487 e. The Morgan fingerprint density at radius 3 is 2.70 bits per heavy atom. The van der Waals surface area contributed by atoms with E-state index in [4.69, 9.17) is 4.74 Å². The lowest BCUT2D eigenvalue weighted by Gasteiger charge is -2.06. The summed E-state index contributed by atoms with van der Waals surface area (Å²) in [4.78, 5) is 23.9. The summed E-state index contributed by atoms with van der Waals surface area (Å²) in [5, 5.41) is 10.5. The molecule has 0 aliphatic rings. The van der Waals surface area contributed by atoms with Crippen molar-refractivity contribution in [2.45, 2.75) is 6.61 Å². The highest BCUT2D eigenvalue weighted by atomic mass is 19.1. The maximum Gasteiger partial charge on any atom is 0.304 e. The first kappa shape index (κ1) is 13.6. The predicted molar refractivity (Wildman–Crippen MR) is 67.0 cm³/mol. The van der Waals surface area contributed by atoms with Crippen LogP contribution in [0.15, 0.2) is 36.5 Å². The van der Waals surface area contributed by atoms with Crippen molar-refractivity contribution in [1.29, 1.82) is 0 Å². The molecule has 102 valence electrons. The summed E-state index contributed by atoms with van der Waals surface area (Å²) >= 11 is 0. The van der Waals surface area contributed by atoms with Crippen molar-refractivity contribution < 1.29 is 18.8 Å². The number of carbonyl (C=O) groups is 1. The second kappa shape index (κ2) is 5.87. The number of aromatic nitrogens is 1. The van der Waals surface area contributed by atoms with Crippen molar-refractivity contribution in [1.82, 2.24) is 4.98 Å². The van der Waals surface area contributed by atoms with Gasteiger partial charge in [0.1, 0.15) is 18.1 Å². The fourth-order valence-electron chi connectivity index (χ4n) is 1.50. The van der Waals surface area contributed by atoms with E-state index in [1.54, 1.807) is 6.07 Å². The van der Waals surface area contributed by atoms with Gasteiger partial charge in [-0.05, 0) is 29.8 Å². The van der Waals surface area contributed by atoms with E-state index < -0.39 is 16.4 Å². The van der Waals surface area contributed by atoms with Gasteiger partial charge in [-0.2, -0.15) is 4.39 Å². The van der Waals surface area contributed by atoms with Crippen molar-refractivity contribution in [3.63, 3.8) is 0 Å². The Labute approximate surface area is 113 Å². The van der Waals surface area contributed by atoms with Crippen molar-refractivity contribution in [2.75, 3.05) is 0 Å². The Hall–Kier alpha value is -2.83. The smallest absolute Gasteiger partial charge is 0.304 e. The van der Waals surface area contributed by atoms with Crippen molar-refractivity contribution in [2.24, 2.45) is 0 Å². The van der Waals surface area contributed by atoms with E-state index in [-0.39, 0.29) is 12.3 Å². The number of nitro benzene ring substituents is 1. The Bertz CT molecular complexity index is 643. The Morgan fingerprint density at radius 1 is 1.35 bits per heavy atom. The molecule has 2 rings (SSSR count). The number of hydrogen-bond acceptors (Lipinski definition) is 5. The van der Waals surface area contributed by atoms with Gasteiger partial charge in [-0.3, -0.25) is 14.9 Å². The number of pyridine rings is 1. The fourth-order valence-corrected chi connectivity index (χ4v) is 1.50. The number of ether oxygens (including phenoxy) is 1. The largest absolute Gasteiger partial charge is 0.487 e. The lowest BCUT2D eigenvalue weighted by atomic mass is 10.2. The van der Waals surface area contributed by atoms with Gasteiger partial charge >= 0.3 is 5.69 Å². The molecule has 0 N–H and O–H groups in total. The van der Waals surface area contributed by atoms with Crippen LogP contribution < -0.4 is 4.74 Å². The quantitative estimate of drug-likeness (QED) is 0.476. The second-order valence-corrected chi connectivity index (χ2v) is 3.87. The van der Waals surface area contributed by atoms with Crippen molar-refractivity contribution >= 4 is 12.0 Å². The number of nitro groups is 1. The third-order valence-corrected chi connectivity index (χ3v) is 2.49. The summed E-state index contributed by atoms with van der Waals surface area (Å²) in [5.74, 6) is -0.500. The van der Waals surface area contributed by atoms with Crippen LogP contribution in [0.25, 0.3) is 0 Å². The molecule has 0 aliphatic carbocycles. The number of aldehydes is 1. The Morgan fingerprint density at radius 2 is 2.15 bits per heavy atom. The maximum atomic E-state index is 13.4. The fraction of sp³-hybridized carbons (Fsp3) is 0.0769. The van der Waals surface area contributed by atoms with Crippen LogP contribution in [0.4, 0.5) is 10.1 Å². The summed E-state index contributed by atoms with van der Waals surface area (Å²) in [6.07, 6.45) is 1.97. The summed E-state index contributed by atoms with van der Waals surface area (Å²) < 4.78 is 18.7. The molecule has 0 saturated carbocycles. The maximum absolute atomic E-state index is 13.4. The lowest BCUT2D eigenvalue weighted by Crippen LogP contribution is -1.99. The van der Waals surface area contributed by atoms with Crippen LogP contribution in [0, 0.1) is 15.9 Å². The van der Waals surface area contributed by atoms with Crippen LogP contribution in [0.2, 0.25) is 0 Å². The highest BCUT2D eigenvalue weighted by Gasteiger charge is 2.13. The Kier molecular flexibility index (Phi) is 3.99. The molecular formula is C13H9FN2O4. The molecular weight excluding hydrogens is 267 g/mol. The Balaban J connectivity index is 2.05. The number of hydrogen-bond donors (Lipinski definition) is 0. The molecule has 0 saturated heterocycles. The molecule has 0 spiro atoms. The molecule has 1 heterocycles. The standard InChI is InChI=1S/C13H9FN2O4/c14-12-5-9(1-4-13(12)16(18)19)8-20-11-3-2-10(7-17)15-6-11/h1-7H,8H2. The number of halogens is 1. The van der Waals surface area contributed by atoms with E-state index >= 15 is 0 Å². The molecule has 0 atom stereocenters. The molecule has 0 amide bonds. The minimum atomic E-state index is -0.912. The van der Waals surface area contributed by atoms with Crippen LogP contribution >= 0.6 is 0 Å². The zero-order chi connectivity index (χ0) is 14.5. The van der Waals surface area contributed by atoms with Gasteiger partial charge in [-0.15, -0.1) is 0 Å². The SMILES string of the molecule is O=Cc1ccc(OCc2ccc([N+](=O)[O-])c(F)c2)cn1. The van der Waals surface area contributed by atoms with Gasteiger partial charge in [-0.25, -0.2) is 4.98 Å². The van der Waals surface area contributed by atoms with Crippen LogP contribution in [0.3, 0.4) is 0 Å². The van der Waals surface area contributed by atoms with Crippen LogP contribution in [0.1, 0.15) is 16.1 Å². The summed E-state index contributed by atoms with van der Waals surface area (Å²) in [7, 11) is 0. The molecule has 2 aromatic rings. The first-order valence-electron chi connectivity index (χ1n) is 5.57. The number of rotatable bonds is 5. The van der Waals surface area contributed by atoms with Crippen molar-refractivity contribution in [3.8, 4) is 5.75 Å². The van der Waals surface area contributed by atoms with Gasteiger partial charge in [0, 0.05) is 6.07 Å². The predicted octanol–water partition coefficient (Wildman–Crippen LogP) is 2.52. The van der Waals surface area contributed by atoms with Crippen molar-refractivity contribution in [3.05, 3.63) is 63.7 Å². The number of carbonyl (C=O) groups excluding carboxylic acids is 1. The van der Waals surface area contributed by atoms with E-state index in [9.17, 15) is 19.3 Å². The van der Waals surface area contributed by atoms with Crippen LogP contribution in [0.5, 0.6) is 5.75 Å². The molecule has 20 heavy (non-hydrogen) atoms. The molecule has 0 radical (unpaired) electrons. The van der Waals surface area contributed by atoms with E-state index in [0.29, 0.717) is 17.6 Å². The van der Waals surface area contributed by atoms with Gasteiger partial charge in [-0.1, -0.05) is 0 Å². The average molecular weight is 276 g/mol. The van der Waals surface area contributed by atoms with Gasteiger partial charge in [0.15, 0.2) is 6.29 Å². The molecule has 0 aliphatic heterocycles. The van der Waals surface area contributed by atoms with E-state index in [0.717, 1.165) is 12.1 Å². The van der Waals surface area contributed by atoms with E-state index in [1.807, 2.05) is 0 Å². The second-order valence-electron chi connectivity index (χ2n) is 3.87. The first-order chi connectivity index (χ1) is 9.60. The molecule has 0 fully saturated rings. The lowest BCUT2D eigenvalue weighted by molar-refractivity contribution is -0.387. The molecule has 1 aromatic carbocycles.